The molecule has 7 nitrogen and oxygen atoms in total. The Kier molecular flexibility index (Phi) is 6.22. The lowest BCUT2D eigenvalue weighted by Crippen LogP contribution is -2.37. The van der Waals surface area contributed by atoms with Crippen LogP contribution in [0.2, 0.25) is 0 Å². The van der Waals surface area contributed by atoms with Gasteiger partial charge in [0.15, 0.2) is 5.88 Å². The molecule has 1 heterocycles. The summed E-state index contributed by atoms with van der Waals surface area (Å²) in [5.74, 6) is -0.427. The van der Waals surface area contributed by atoms with Crippen molar-refractivity contribution in [2.45, 2.75) is 6.92 Å². The number of carbonyl (C=O) groups excluding carboxylic acids is 2. The number of benzene rings is 3. The first-order valence-electron chi connectivity index (χ1n) is 10.5. The van der Waals surface area contributed by atoms with Crippen molar-refractivity contribution in [3.05, 3.63) is 90.0 Å². The second kappa shape index (κ2) is 9.40. The molecule has 0 aliphatic heterocycles. The van der Waals surface area contributed by atoms with Crippen LogP contribution in [0.5, 0.6) is 5.88 Å². The Bertz CT molecular complexity index is 1320. The topological polar surface area (TPSA) is 97.8 Å². The van der Waals surface area contributed by atoms with Crippen LogP contribution >= 0.6 is 0 Å². The van der Waals surface area contributed by atoms with E-state index in [0.717, 1.165) is 16.5 Å². The predicted octanol–water partition coefficient (Wildman–Crippen LogP) is 4.14. The fraction of sp³-hybridized carbons (Fsp3) is 0.115. The number of aromatic amines is 1. The number of hydrogen-bond acceptors (Lipinski definition) is 4. The molecule has 0 saturated heterocycles. The van der Waals surface area contributed by atoms with Gasteiger partial charge >= 0.3 is 0 Å². The van der Waals surface area contributed by atoms with Gasteiger partial charge in [0, 0.05) is 36.1 Å². The monoisotopic (exact) mass is 440 g/mol. The molecule has 0 aliphatic carbocycles. The fourth-order valence-corrected chi connectivity index (χ4v) is 3.57. The molecule has 0 atom stereocenters. The van der Waals surface area contributed by atoms with Gasteiger partial charge in [-0.25, -0.2) is 4.99 Å². The highest BCUT2D eigenvalue weighted by Crippen LogP contribution is 2.31. The van der Waals surface area contributed by atoms with Crippen LogP contribution in [0.25, 0.3) is 10.9 Å². The number of hydrogen-bond donors (Lipinski definition) is 3. The molecule has 0 fully saturated rings. The lowest BCUT2D eigenvalue weighted by Gasteiger charge is -2.17. The SMILES string of the molecule is CC(=O)NCC(=O)N(C)c1ccc(N=C(c2ccccc2)c2c(O)[nH]c3ccccc23)cc1. The van der Waals surface area contributed by atoms with E-state index in [1.54, 1.807) is 19.2 Å². The van der Waals surface area contributed by atoms with Crippen molar-refractivity contribution >= 4 is 39.8 Å². The molecular formula is C26H24N4O3. The van der Waals surface area contributed by atoms with Gasteiger partial charge < -0.3 is 20.3 Å². The molecule has 0 spiro atoms. The first kappa shape index (κ1) is 21.8. The molecule has 0 aliphatic rings. The van der Waals surface area contributed by atoms with Crippen molar-refractivity contribution in [1.82, 2.24) is 10.3 Å². The lowest BCUT2D eigenvalue weighted by atomic mass is 10.0. The average Bonchev–Trinajstić information content (AvgIpc) is 3.17. The molecule has 3 N–H and O–H groups in total. The summed E-state index contributed by atoms with van der Waals surface area (Å²) < 4.78 is 0. The minimum absolute atomic E-state index is 0.0544. The number of aliphatic imine (C=N–C) groups is 1. The maximum atomic E-state index is 12.3. The number of amides is 2. The first-order valence-corrected chi connectivity index (χ1v) is 10.5. The molecule has 0 saturated carbocycles. The Hall–Kier alpha value is -4.39. The van der Waals surface area contributed by atoms with Crippen LogP contribution in [0.3, 0.4) is 0 Å². The largest absolute Gasteiger partial charge is 0.494 e. The predicted molar refractivity (Wildman–Crippen MR) is 130 cm³/mol. The highest BCUT2D eigenvalue weighted by molar-refractivity contribution is 6.21. The van der Waals surface area contributed by atoms with Gasteiger partial charge in [0.1, 0.15) is 0 Å². The molecule has 7 heteroatoms. The molecule has 4 aromatic rings. The number of rotatable bonds is 6. The molecule has 3 aromatic carbocycles. The van der Waals surface area contributed by atoms with Gasteiger partial charge in [-0.05, 0) is 30.3 Å². The second-order valence-corrected chi connectivity index (χ2v) is 7.60. The third-order valence-corrected chi connectivity index (χ3v) is 5.31. The van der Waals surface area contributed by atoms with Crippen molar-refractivity contribution in [2.24, 2.45) is 4.99 Å². The number of anilines is 1. The number of nitrogens with zero attached hydrogens (tertiary/aromatic N) is 2. The van der Waals surface area contributed by atoms with E-state index in [1.165, 1.54) is 11.8 Å². The van der Waals surface area contributed by atoms with E-state index >= 15 is 0 Å². The zero-order chi connectivity index (χ0) is 23.4. The molecule has 1 aromatic heterocycles. The van der Waals surface area contributed by atoms with E-state index in [4.69, 9.17) is 4.99 Å². The highest BCUT2D eigenvalue weighted by Gasteiger charge is 2.18. The minimum atomic E-state index is -0.254. The molecule has 33 heavy (non-hydrogen) atoms. The molecule has 166 valence electrons. The number of nitrogens with one attached hydrogen (secondary N) is 2. The smallest absolute Gasteiger partial charge is 0.246 e. The Morgan fingerprint density at radius 3 is 2.33 bits per heavy atom. The van der Waals surface area contributed by atoms with Crippen LogP contribution in [0, 0.1) is 0 Å². The van der Waals surface area contributed by atoms with E-state index in [2.05, 4.69) is 10.3 Å². The maximum absolute atomic E-state index is 12.3. The van der Waals surface area contributed by atoms with Crippen LogP contribution in [0.4, 0.5) is 11.4 Å². The van der Waals surface area contributed by atoms with Gasteiger partial charge in [0.2, 0.25) is 11.8 Å². The van der Waals surface area contributed by atoms with Gasteiger partial charge in [-0.3, -0.25) is 9.59 Å². The fourth-order valence-electron chi connectivity index (χ4n) is 3.57. The van der Waals surface area contributed by atoms with Crippen LogP contribution in [-0.4, -0.2) is 41.2 Å². The summed E-state index contributed by atoms with van der Waals surface area (Å²) in [5.41, 5.74) is 4.30. The summed E-state index contributed by atoms with van der Waals surface area (Å²) in [6.45, 7) is 1.31. The third-order valence-electron chi connectivity index (χ3n) is 5.31. The summed E-state index contributed by atoms with van der Waals surface area (Å²) in [6.07, 6.45) is 0. The Labute approximate surface area is 191 Å². The number of aromatic nitrogens is 1. The molecule has 0 bridgehead atoms. The summed E-state index contributed by atoms with van der Waals surface area (Å²) in [7, 11) is 1.65. The van der Waals surface area contributed by atoms with Crippen molar-refractivity contribution in [1.29, 1.82) is 0 Å². The van der Waals surface area contributed by atoms with Gasteiger partial charge in [-0.2, -0.15) is 0 Å². The number of carbonyl (C=O) groups is 2. The number of likely N-dealkylation sites (N-methyl/N-ethyl adjacent to an activating group) is 1. The molecule has 2 amide bonds. The van der Waals surface area contributed by atoms with E-state index in [-0.39, 0.29) is 24.2 Å². The standard InChI is InChI=1S/C26H24N4O3/c1-17(31)27-16-23(32)30(2)20-14-12-19(13-15-20)28-25(18-8-4-3-5-9-18)24-21-10-6-7-11-22(21)29-26(24)33/h3-15,29,33H,16H2,1-2H3,(H,27,31). The van der Waals surface area contributed by atoms with Gasteiger partial charge in [-0.15, -0.1) is 0 Å². The lowest BCUT2D eigenvalue weighted by molar-refractivity contribution is -0.123. The number of aromatic hydroxyl groups is 1. The van der Waals surface area contributed by atoms with Crippen LogP contribution in [-0.2, 0) is 9.59 Å². The van der Waals surface area contributed by atoms with Crippen LogP contribution in [0.15, 0.2) is 83.9 Å². The molecule has 0 radical (unpaired) electrons. The summed E-state index contributed by atoms with van der Waals surface area (Å²) in [5, 5.41) is 14.1. The minimum Gasteiger partial charge on any atom is -0.494 e. The third kappa shape index (κ3) is 4.77. The quantitative estimate of drug-likeness (QED) is 0.393. The normalized spacial score (nSPS) is 11.4. The molecule has 0 unspecified atom stereocenters. The van der Waals surface area contributed by atoms with Crippen LogP contribution < -0.4 is 10.2 Å². The molecule has 4 rings (SSSR count). The van der Waals surface area contributed by atoms with Crippen molar-refractivity contribution in [3.63, 3.8) is 0 Å². The van der Waals surface area contributed by atoms with Gasteiger partial charge in [-0.1, -0.05) is 48.5 Å². The van der Waals surface area contributed by atoms with Crippen molar-refractivity contribution < 1.29 is 14.7 Å². The summed E-state index contributed by atoms with van der Waals surface area (Å²) in [6, 6.07) is 24.6. The average molecular weight is 441 g/mol. The van der Waals surface area contributed by atoms with E-state index < -0.39 is 0 Å². The van der Waals surface area contributed by atoms with Gasteiger partial charge in [0.05, 0.1) is 23.5 Å². The zero-order valence-electron chi connectivity index (χ0n) is 18.4. The van der Waals surface area contributed by atoms with E-state index in [9.17, 15) is 14.7 Å². The Balaban J connectivity index is 1.71. The second-order valence-electron chi connectivity index (χ2n) is 7.60. The number of H-pyrrole nitrogens is 1. The zero-order valence-corrected chi connectivity index (χ0v) is 18.4. The van der Waals surface area contributed by atoms with E-state index in [1.807, 2.05) is 66.7 Å². The van der Waals surface area contributed by atoms with Crippen molar-refractivity contribution in [2.75, 3.05) is 18.5 Å². The first-order chi connectivity index (χ1) is 15.9. The number of fused-ring (bicyclic) bond motifs is 1. The Morgan fingerprint density at radius 1 is 0.970 bits per heavy atom. The summed E-state index contributed by atoms with van der Waals surface area (Å²) in [4.78, 5) is 32.7. The maximum Gasteiger partial charge on any atom is 0.246 e. The Morgan fingerprint density at radius 2 is 1.64 bits per heavy atom. The van der Waals surface area contributed by atoms with Gasteiger partial charge in [0.25, 0.3) is 0 Å². The van der Waals surface area contributed by atoms with E-state index in [0.29, 0.717) is 22.6 Å². The summed E-state index contributed by atoms with van der Waals surface area (Å²) >= 11 is 0. The van der Waals surface area contributed by atoms with Crippen molar-refractivity contribution in [3.8, 4) is 5.88 Å². The molecular weight excluding hydrogens is 416 g/mol. The number of para-hydroxylation sites is 1. The highest BCUT2D eigenvalue weighted by atomic mass is 16.3. The van der Waals surface area contributed by atoms with Crippen LogP contribution in [0.1, 0.15) is 18.1 Å².